The van der Waals surface area contributed by atoms with Crippen molar-refractivity contribution in [2.75, 3.05) is 6.54 Å². The molecule has 3 heteroatoms. The van der Waals surface area contributed by atoms with Gasteiger partial charge in [0.15, 0.2) is 0 Å². The Bertz CT molecular complexity index is 442. The van der Waals surface area contributed by atoms with Crippen molar-refractivity contribution < 1.29 is 0 Å². The van der Waals surface area contributed by atoms with Crippen LogP contribution in [0.3, 0.4) is 0 Å². The highest BCUT2D eigenvalue weighted by Gasteiger charge is 2.29. The van der Waals surface area contributed by atoms with Crippen molar-refractivity contribution in [3.63, 3.8) is 0 Å². The summed E-state index contributed by atoms with van der Waals surface area (Å²) in [4.78, 5) is 0. The maximum absolute atomic E-state index is 6.29. The second-order valence-corrected chi connectivity index (χ2v) is 6.92. The molecule has 0 radical (unpaired) electrons. The Morgan fingerprint density at radius 1 is 1.05 bits per heavy atom. The van der Waals surface area contributed by atoms with Crippen LogP contribution in [0, 0.1) is 11.8 Å². The number of nitrogens with one attached hydrogen (secondary N) is 1. The van der Waals surface area contributed by atoms with E-state index in [-0.39, 0.29) is 0 Å². The number of hydrogen-bond acceptors (Lipinski definition) is 1. The summed E-state index contributed by atoms with van der Waals surface area (Å²) in [6.45, 7) is 1.19. The van der Waals surface area contributed by atoms with E-state index in [0.29, 0.717) is 0 Å². The second-order valence-electron chi connectivity index (χ2n) is 6.07. The van der Waals surface area contributed by atoms with Gasteiger partial charge in [0.2, 0.25) is 0 Å². The molecule has 2 saturated carbocycles. The Hall–Kier alpha value is -0.240. The Balaban J connectivity index is 1.60. The fraction of sp³-hybridized carbons (Fsp3) is 0.625. The number of halogens is 2. The molecule has 0 aromatic heterocycles. The van der Waals surface area contributed by atoms with Crippen LogP contribution in [0.4, 0.5) is 0 Å². The highest BCUT2D eigenvalue weighted by atomic mass is 35.5. The highest BCUT2D eigenvalue weighted by molar-refractivity contribution is 6.35. The fourth-order valence-corrected chi connectivity index (χ4v) is 3.71. The van der Waals surface area contributed by atoms with E-state index >= 15 is 0 Å². The van der Waals surface area contributed by atoms with Crippen LogP contribution >= 0.6 is 23.2 Å². The first kappa shape index (κ1) is 13.7. The minimum absolute atomic E-state index is 0.729. The minimum atomic E-state index is 0.729. The molecule has 3 rings (SSSR count). The smallest absolute Gasteiger partial charge is 0.0452 e. The van der Waals surface area contributed by atoms with Crippen LogP contribution in [-0.4, -0.2) is 12.6 Å². The molecule has 1 N–H and O–H groups in total. The van der Waals surface area contributed by atoms with Crippen molar-refractivity contribution in [1.82, 2.24) is 5.32 Å². The predicted octanol–water partition coefficient (Wildman–Crippen LogP) is 4.70. The third-order valence-electron chi connectivity index (χ3n) is 4.56. The molecule has 0 aliphatic heterocycles. The third-order valence-corrected chi connectivity index (χ3v) is 5.15. The van der Waals surface area contributed by atoms with E-state index in [4.69, 9.17) is 23.2 Å². The zero-order chi connectivity index (χ0) is 13.2. The average Bonchev–Trinajstić information content (AvgIpc) is 3.11. The van der Waals surface area contributed by atoms with Gasteiger partial charge in [-0.25, -0.2) is 0 Å². The molecule has 0 amide bonds. The molecule has 1 nitrogen and oxygen atoms in total. The zero-order valence-electron chi connectivity index (χ0n) is 11.2. The minimum Gasteiger partial charge on any atom is -0.314 e. The SMILES string of the molecule is Clc1ccc(CC2CCCC2CNC2CC2)c(Cl)c1. The summed E-state index contributed by atoms with van der Waals surface area (Å²) in [5.74, 6) is 1.61. The monoisotopic (exact) mass is 297 g/mol. The van der Waals surface area contributed by atoms with E-state index in [1.54, 1.807) is 0 Å². The highest BCUT2D eigenvalue weighted by Crippen LogP contribution is 2.36. The molecule has 0 saturated heterocycles. The van der Waals surface area contributed by atoms with Gasteiger partial charge in [-0.2, -0.15) is 0 Å². The molecule has 2 aliphatic rings. The lowest BCUT2D eigenvalue weighted by molar-refractivity contribution is 0.364. The summed E-state index contributed by atoms with van der Waals surface area (Å²) in [5, 5.41) is 5.24. The van der Waals surface area contributed by atoms with Gasteiger partial charge in [-0.3, -0.25) is 0 Å². The van der Waals surface area contributed by atoms with Crippen LogP contribution in [0.2, 0.25) is 10.0 Å². The van der Waals surface area contributed by atoms with Gasteiger partial charge in [0.1, 0.15) is 0 Å². The topological polar surface area (TPSA) is 12.0 Å². The first-order chi connectivity index (χ1) is 9.22. The second kappa shape index (κ2) is 6.03. The van der Waals surface area contributed by atoms with Crippen molar-refractivity contribution in [1.29, 1.82) is 0 Å². The third kappa shape index (κ3) is 3.65. The molecule has 1 aromatic rings. The van der Waals surface area contributed by atoms with Crippen LogP contribution in [0.5, 0.6) is 0 Å². The maximum atomic E-state index is 6.29. The Morgan fingerprint density at radius 3 is 2.58 bits per heavy atom. The summed E-state index contributed by atoms with van der Waals surface area (Å²) in [5.41, 5.74) is 1.26. The van der Waals surface area contributed by atoms with Gasteiger partial charge in [-0.1, -0.05) is 35.7 Å². The van der Waals surface area contributed by atoms with E-state index in [1.807, 2.05) is 12.1 Å². The van der Waals surface area contributed by atoms with Crippen LogP contribution < -0.4 is 5.32 Å². The molecule has 0 bridgehead atoms. The van der Waals surface area contributed by atoms with Gasteiger partial charge < -0.3 is 5.32 Å². The summed E-state index contributed by atoms with van der Waals surface area (Å²) in [6.07, 6.45) is 7.94. The van der Waals surface area contributed by atoms with E-state index in [9.17, 15) is 0 Å². The van der Waals surface area contributed by atoms with Gasteiger partial charge >= 0.3 is 0 Å². The molecule has 0 spiro atoms. The first-order valence-electron chi connectivity index (χ1n) is 7.39. The maximum Gasteiger partial charge on any atom is 0.0452 e. The molecule has 1 aromatic carbocycles. The lowest BCUT2D eigenvalue weighted by Crippen LogP contribution is -2.27. The molecular formula is C16H21Cl2N. The van der Waals surface area contributed by atoms with Crippen LogP contribution in [0.15, 0.2) is 18.2 Å². The standard InChI is InChI=1S/C16H21Cl2N/c17-14-5-4-12(16(18)9-14)8-11-2-1-3-13(11)10-19-15-6-7-15/h4-5,9,11,13,15,19H,1-3,6-8,10H2. The van der Waals surface area contributed by atoms with Gasteiger partial charge in [-0.05, 0) is 68.2 Å². The van der Waals surface area contributed by atoms with Gasteiger partial charge in [-0.15, -0.1) is 0 Å². The van der Waals surface area contributed by atoms with Crippen molar-refractivity contribution >= 4 is 23.2 Å². The zero-order valence-corrected chi connectivity index (χ0v) is 12.7. The molecule has 2 fully saturated rings. The van der Waals surface area contributed by atoms with Crippen LogP contribution in [0.25, 0.3) is 0 Å². The first-order valence-corrected chi connectivity index (χ1v) is 8.15. The summed E-state index contributed by atoms with van der Waals surface area (Å²) >= 11 is 12.3. The summed E-state index contributed by atoms with van der Waals surface area (Å²) < 4.78 is 0. The normalized spacial score (nSPS) is 26.8. The van der Waals surface area contributed by atoms with E-state index in [1.165, 1.54) is 44.2 Å². The number of hydrogen-bond donors (Lipinski definition) is 1. The average molecular weight is 298 g/mol. The van der Waals surface area contributed by atoms with Crippen LogP contribution in [-0.2, 0) is 6.42 Å². The lowest BCUT2D eigenvalue weighted by Gasteiger charge is -2.20. The largest absolute Gasteiger partial charge is 0.314 e. The number of rotatable bonds is 5. The Kier molecular flexibility index (Phi) is 4.36. The van der Waals surface area contributed by atoms with E-state index in [0.717, 1.165) is 34.3 Å². The van der Waals surface area contributed by atoms with Crippen molar-refractivity contribution in [2.45, 2.75) is 44.6 Å². The van der Waals surface area contributed by atoms with Crippen LogP contribution in [0.1, 0.15) is 37.7 Å². The quantitative estimate of drug-likeness (QED) is 0.830. The lowest BCUT2D eigenvalue weighted by atomic mass is 9.89. The molecule has 2 atom stereocenters. The summed E-state index contributed by atoms with van der Waals surface area (Å²) in [6, 6.07) is 6.73. The predicted molar refractivity (Wildman–Crippen MR) is 82.0 cm³/mol. The van der Waals surface area contributed by atoms with Gasteiger partial charge in [0, 0.05) is 16.1 Å². The Labute approximate surface area is 125 Å². The molecule has 2 unspecified atom stereocenters. The Morgan fingerprint density at radius 2 is 1.84 bits per heavy atom. The van der Waals surface area contributed by atoms with E-state index < -0.39 is 0 Å². The molecule has 104 valence electrons. The molecule has 0 heterocycles. The molecular weight excluding hydrogens is 277 g/mol. The molecule has 19 heavy (non-hydrogen) atoms. The van der Waals surface area contributed by atoms with E-state index in [2.05, 4.69) is 11.4 Å². The number of benzene rings is 1. The summed E-state index contributed by atoms with van der Waals surface area (Å²) in [7, 11) is 0. The van der Waals surface area contributed by atoms with Crippen molar-refractivity contribution in [3.05, 3.63) is 33.8 Å². The van der Waals surface area contributed by atoms with Crippen molar-refractivity contribution in [2.24, 2.45) is 11.8 Å². The fourth-order valence-electron chi connectivity index (χ4n) is 3.23. The van der Waals surface area contributed by atoms with Gasteiger partial charge in [0.05, 0.1) is 0 Å². The van der Waals surface area contributed by atoms with Gasteiger partial charge in [0.25, 0.3) is 0 Å². The molecule has 2 aliphatic carbocycles. The van der Waals surface area contributed by atoms with Crippen molar-refractivity contribution in [3.8, 4) is 0 Å².